The molecule has 1 aliphatic rings. The van der Waals surface area contributed by atoms with Crippen LogP contribution in [0.5, 0.6) is 5.75 Å². The van der Waals surface area contributed by atoms with Crippen molar-refractivity contribution in [2.75, 3.05) is 32.1 Å². The molecule has 0 bridgehead atoms. The molecule has 0 radical (unpaired) electrons. The van der Waals surface area contributed by atoms with Gasteiger partial charge in [-0.1, -0.05) is 55.4 Å². The van der Waals surface area contributed by atoms with Gasteiger partial charge in [0.1, 0.15) is 11.8 Å². The second-order valence-electron chi connectivity index (χ2n) is 8.62. The third kappa shape index (κ3) is 18.6. The number of nitrogens with zero attached hydrogens (tertiary/aromatic N) is 1. The fourth-order valence-corrected chi connectivity index (χ4v) is 3.77. The number of carbonyl (C=O) groups is 6. The van der Waals surface area contributed by atoms with Gasteiger partial charge in [0.05, 0.1) is 18.7 Å². The second kappa shape index (κ2) is 29.5. The van der Waals surface area contributed by atoms with Crippen molar-refractivity contribution in [2.24, 2.45) is 0 Å². The Balaban J connectivity index is -0.00000214. The molecule has 1 heterocycles. The lowest BCUT2D eigenvalue weighted by Crippen LogP contribution is -2.46. The highest BCUT2D eigenvalue weighted by Gasteiger charge is 2.26. The highest BCUT2D eigenvalue weighted by molar-refractivity contribution is 6.28. The highest BCUT2D eigenvalue weighted by Crippen LogP contribution is 2.28. The van der Waals surface area contributed by atoms with Gasteiger partial charge in [-0.25, -0.2) is 4.90 Å². The van der Waals surface area contributed by atoms with E-state index in [1.165, 1.54) is 33.2 Å². The molecule has 6 amide bonds. The average molecular weight is 650 g/mol. The van der Waals surface area contributed by atoms with E-state index in [4.69, 9.17) is 4.74 Å². The number of imide groups is 1. The molecule has 1 atom stereocenters. The molecule has 1 aromatic carbocycles. The standard InChI is InChI=1S/C26H35N5O7.4C2H6/c1-17(32)29-14-5-4-6-20(26(37)28-3)30-23(34)13-15-38-21-9-8-19(31-24(35)11-12-25(31)36)16-18(21)7-10-22(33)27-2;4*1-2/h8-9,11-12,16,20H,4-7,10,13-15H2,1-3H3,(H,27,33)(H,28,37)(H,29,32)(H,30,34);4*1-2H3. The first-order valence-electron chi connectivity index (χ1n) is 16.4. The quantitative estimate of drug-likeness (QED) is 0.163. The van der Waals surface area contributed by atoms with Crippen LogP contribution in [0.15, 0.2) is 30.4 Å². The first kappa shape index (κ1) is 46.2. The van der Waals surface area contributed by atoms with Crippen molar-refractivity contribution >= 4 is 41.1 Å². The van der Waals surface area contributed by atoms with Gasteiger partial charge < -0.3 is 26.0 Å². The normalized spacial score (nSPS) is 11.4. The van der Waals surface area contributed by atoms with Crippen LogP contribution in [0.25, 0.3) is 0 Å². The summed E-state index contributed by atoms with van der Waals surface area (Å²) >= 11 is 0. The number of rotatable bonds is 15. The molecule has 1 aliphatic heterocycles. The number of benzene rings is 1. The van der Waals surface area contributed by atoms with Crippen LogP contribution >= 0.6 is 0 Å². The van der Waals surface area contributed by atoms with Gasteiger partial charge in [-0.3, -0.25) is 28.8 Å². The van der Waals surface area contributed by atoms with E-state index in [0.29, 0.717) is 42.8 Å². The van der Waals surface area contributed by atoms with Crippen LogP contribution in [-0.2, 0) is 35.2 Å². The number of aryl methyl sites for hydroxylation is 1. The summed E-state index contributed by atoms with van der Waals surface area (Å²) in [6, 6.07) is 4.05. The van der Waals surface area contributed by atoms with E-state index in [2.05, 4.69) is 21.3 Å². The van der Waals surface area contributed by atoms with E-state index < -0.39 is 17.9 Å². The summed E-state index contributed by atoms with van der Waals surface area (Å²) in [7, 11) is 3.02. The molecule has 1 unspecified atom stereocenters. The Morgan fingerprint density at radius 2 is 1.39 bits per heavy atom. The van der Waals surface area contributed by atoms with Gasteiger partial charge in [0, 0.05) is 46.1 Å². The Hall–Kier alpha value is -4.22. The van der Waals surface area contributed by atoms with Crippen LogP contribution in [0.3, 0.4) is 0 Å². The van der Waals surface area contributed by atoms with Gasteiger partial charge in [-0.15, -0.1) is 0 Å². The number of nitrogens with one attached hydrogen (secondary N) is 4. The first-order valence-corrected chi connectivity index (χ1v) is 16.4. The highest BCUT2D eigenvalue weighted by atomic mass is 16.5. The summed E-state index contributed by atoms with van der Waals surface area (Å²) in [4.78, 5) is 72.6. The number of hydrogen-bond acceptors (Lipinski definition) is 7. The Morgan fingerprint density at radius 1 is 0.804 bits per heavy atom. The SMILES string of the molecule is CC.CC.CC.CC.CNC(=O)CCc1cc(N2C(=O)C=CC2=O)ccc1OCCC(=O)NC(CCCCNC(C)=O)C(=O)NC. The molecular weight excluding hydrogens is 590 g/mol. The van der Waals surface area contributed by atoms with Gasteiger partial charge in [0.2, 0.25) is 23.6 Å². The molecule has 46 heavy (non-hydrogen) atoms. The van der Waals surface area contributed by atoms with E-state index in [1.807, 2.05) is 55.4 Å². The molecule has 2 rings (SSSR count). The second-order valence-corrected chi connectivity index (χ2v) is 8.62. The van der Waals surface area contributed by atoms with Crippen LogP contribution in [0.2, 0.25) is 0 Å². The molecule has 0 spiro atoms. The molecule has 12 heteroatoms. The molecule has 262 valence electrons. The third-order valence-corrected chi connectivity index (χ3v) is 5.79. The van der Waals surface area contributed by atoms with Crippen molar-refractivity contribution in [1.29, 1.82) is 0 Å². The number of unbranched alkanes of at least 4 members (excludes halogenated alkanes) is 1. The summed E-state index contributed by atoms with van der Waals surface area (Å²) in [6.07, 6.45) is 4.51. The number of anilines is 1. The maximum Gasteiger partial charge on any atom is 0.258 e. The molecule has 0 saturated heterocycles. The minimum absolute atomic E-state index is 0.00425. The minimum Gasteiger partial charge on any atom is -0.493 e. The van der Waals surface area contributed by atoms with Crippen LogP contribution in [0.1, 0.15) is 100.0 Å². The Kier molecular flexibility index (Phi) is 29.6. The van der Waals surface area contributed by atoms with Gasteiger partial charge in [0.15, 0.2) is 0 Å². The van der Waals surface area contributed by atoms with Crippen LogP contribution in [-0.4, -0.2) is 68.7 Å². The molecule has 0 aliphatic carbocycles. The van der Waals surface area contributed by atoms with E-state index in [9.17, 15) is 28.8 Å². The van der Waals surface area contributed by atoms with Crippen LogP contribution in [0, 0.1) is 0 Å². The van der Waals surface area contributed by atoms with Crippen molar-refractivity contribution in [3.63, 3.8) is 0 Å². The van der Waals surface area contributed by atoms with E-state index >= 15 is 0 Å². The number of amides is 6. The predicted octanol–water partition coefficient (Wildman–Crippen LogP) is 4.21. The monoisotopic (exact) mass is 649 g/mol. The van der Waals surface area contributed by atoms with Crippen molar-refractivity contribution in [3.8, 4) is 5.75 Å². The maximum absolute atomic E-state index is 12.5. The lowest BCUT2D eigenvalue weighted by molar-refractivity contribution is -0.129. The average Bonchev–Trinajstić information content (AvgIpc) is 3.43. The fourth-order valence-electron chi connectivity index (χ4n) is 3.77. The van der Waals surface area contributed by atoms with Gasteiger partial charge in [0.25, 0.3) is 11.8 Å². The molecule has 0 fully saturated rings. The number of carbonyl (C=O) groups excluding carboxylic acids is 6. The predicted molar refractivity (Wildman–Crippen MR) is 184 cm³/mol. The van der Waals surface area contributed by atoms with Crippen molar-refractivity contribution in [1.82, 2.24) is 21.3 Å². The number of ether oxygens (including phenoxy) is 1. The molecular formula is C34H59N5O7. The molecule has 0 aromatic heterocycles. The van der Waals surface area contributed by atoms with Crippen LogP contribution < -0.4 is 30.9 Å². The van der Waals surface area contributed by atoms with Gasteiger partial charge >= 0.3 is 0 Å². The lowest BCUT2D eigenvalue weighted by Gasteiger charge is -2.19. The molecule has 0 saturated carbocycles. The Labute approximate surface area is 276 Å². The van der Waals surface area contributed by atoms with Crippen molar-refractivity contribution in [2.45, 2.75) is 107 Å². The lowest BCUT2D eigenvalue weighted by atomic mass is 10.1. The van der Waals surface area contributed by atoms with E-state index in [0.717, 1.165) is 4.90 Å². The smallest absolute Gasteiger partial charge is 0.258 e. The van der Waals surface area contributed by atoms with E-state index in [1.54, 1.807) is 18.2 Å². The number of hydrogen-bond donors (Lipinski definition) is 4. The summed E-state index contributed by atoms with van der Waals surface area (Å²) in [5.74, 6) is -1.50. The Bertz CT molecular complexity index is 1070. The number of likely N-dealkylation sites (N-methyl/N-ethyl adjacent to an activating group) is 1. The van der Waals surface area contributed by atoms with Gasteiger partial charge in [-0.2, -0.15) is 0 Å². The molecule has 12 nitrogen and oxygen atoms in total. The summed E-state index contributed by atoms with van der Waals surface area (Å²) in [6.45, 7) is 17.9. The molecule has 4 N–H and O–H groups in total. The van der Waals surface area contributed by atoms with Gasteiger partial charge in [-0.05, 0) is 49.4 Å². The zero-order chi connectivity index (χ0) is 36.1. The minimum atomic E-state index is -0.712. The fraction of sp³-hybridized carbons (Fsp3) is 0.588. The Morgan fingerprint density at radius 3 is 1.91 bits per heavy atom. The van der Waals surface area contributed by atoms with E-state index in [-0.39, 0.29) is 49.5 Å². The van der Waals surface area contributed by atoms with Crippen molar-refractivity contribution in [3.05, 3.63) is 35.9 Å². The topological polar surface area (TPSA) is 163 Å². The molecule has 1 aromatic rings. The zero-order valence-corrected chi connectivity index (χ0v) is 29.9. The summed E-state index contributed by atoms with van der Waals surface area (Å²) < 4.78 is 5.81. The van der Waals surface area contributed by atoms with Crippen molar-refractivity contribution < 1.29 is 33.5 Å². The zero-order valence-electron chi connectivity index (χ0n) is 29.9. The largest absolute Gasteiger partial charge is 0.493 e. The third-order valence-electron chi connectivity index (χ3n) is 5.79. The maximum atomic E-state index is 12.5. The first-order chi connectivity index (χ1) is 22.2. The van der Waals surface area contributed by atoms with Crippen LogP contribution in [0.4, 0.5) is 5.69 Å². The summed E-state index contributed by atoms with van der Waals surface area (Å²) in [5.41, 5.74) is 0.954. The summed E-state index contributed by atoms with van der Waals surface area (Å²) in [5, 5.41) is 10.5.